The molecule has 1 amide bonds. The van der Waals surface area contributed by atoms with Crippen LogP contribution in [0.2, 0.25) is 5.02 Å². The summed E-state index contributed by atoms with van der Waals surface area (Å²) < 4.78 is 38.7. The molecule has 2 N–H and O–H groups in total. The first-order valence-corrected chi connectivity index (χ1v) is 10.4. The van der Waals surface area contributed by atoms with Crippen LogP contribution >= 0.6 is 11.6 Å². The van der Waals surface area contributed by atoms with E-state index in [1.807, 2.05) is 24.0 Å². The van der Waals surface area contributed by atoms with E-state index in [4.69, 9.17) is 16.6 Å². The summed E-state index contributed by atoms with van der Waals surface area (Å²) in [6, 6.07) is 9.00. The highest BCUT2D eigenvalue weighted by Gasteiger charge is 2.31. The largest absolute Gasteiger partial charge is 0.416 e. The molecule has 164 valence electrons. The lowest BCUT2D eigenvalue weighted by molar-refractivity contribution is -0.137. The Morgan fingerprint density at radius 1 is 1.23 bits per heavy atom. The molecule has 31 heavy (non-hydrogen) atoms. The third-order valence-electron chi connectivity index (χ3n) is 5.56. The number of imidazole rings is 1. The van der Waals surface area contributed by atoms with Crippen LogP contribution in [0.4, 0.5) is 18.9 Å². The van der Waals surface area contributed by atoms with E-state index in [-0.39, 0.29) is 29.1 Å². The normalized spacial score (nSPS) is 16.0. The molecule has 3 aromatic rings. The number of benzene rings is 2. The zero-order valence-electron chi connectivity index (χ0n) is 16.9. The van der Waals surface area contributed by atoms with E-state index in [9.17, 15) is 18.0 Å². The minimum absolute atomic E-state index is 0.0334. The van der Waals surface area contributed by atoms with Crippen molar-refractivity contribution >= 4 is 34.2 Å². The molecule has 4 rings (SSSR count). The van der Waals surface area contributed by atoms with Gasteiger partial charge in [0.15, 0.2) is 0 Å². The maximum absolute atomic E-state index is 12.9. The number of hydrogen-bond acceptors (Lipinski definition) is 3. The highest BCUT2D eigenvalue weighted by molar-refractivity contribution is 6.33. The average molecular weight is 451 g/mol. The van der Waals surface area contributed by atoms with Crippen LogP contribution in [-0.2, 0) is 11.0 Å². The molecule has 9 heteroatoms. The first kappa shape index (κ1) is 21.6. The van der Waals surface area contributed by atoms with Crippen molar-refractivity contribution in [3.8, 4) is 0 Å². The first-order valence-electron chi connectivity index (χ1n) is 10.0. The Kier molecular flexibility index (Phi) is 5.94. The summed E-state index contributed by atoms with van der Waals surface area (Å²) in [5.41, 5.74) is 2.25. The van der Waals surface area contributed by atoms with E-state index in [1.54, 1.807) is 0 Å². The molecule has 0 atom stereocenters. The molecule has 0 bridgehead atoms. The van der Waals surface area contributed by atoms with E-state index in [2.05, 4.69) is 16.4 Å². The number of aryl methyl sites for hydroxylation is 1. The van der Waals surface area contributed by atoms with Crippen LogP contribution in [0.5, 0.6) is 0 Å². The number of amides is 1. The van der Waals surface area contributed by atoms with Gasteiger partial charge in [0.05, 0.1) is 33.9 Å². The second kappa shape index (κ2) is 8.51. The van der Waals surface area contributed by atoms with Crippen LogP contribution in [0.3, 0.4) is 0 Å². The number of H-pyrrole nitrogens is 1. The van der Waals surface area contributed by atoms with Gasteiger partial charge in [-0.2, -0.15) is 13.2 Å². The van der Waals surface area contributed by atoms with Crippen LogP contribution in [-0.4, -0.2) is 40.4 Å². The van der Waals surface area contributed by atoms with Gasteiger partial charge in [0.25, 0.3) is 0 Å². The lowest BCUT2D eigenvalue weighted by Gasteiger charge is -2.30. The maximum Gasteiger partial charge on any atom is 0.416 e. The number of alkyl halides is 3. The molecule has 2 aromatic carbocycles. The van der Waals surface area contributed by atoms with E-state index >= 15 is 0 Å². The number of rotatable bonds is 4. The molecule has 0 aliphatic carbocycles. The van der Waals surface area contributed by atoms with Gasteiger partial charge in [-0.1, -0.05) is 17.7 Å². The molecule has 0 saturated carbocycles. The SMILES string of the molecule is Cc1ccc2nc(C3CCN(CC(=O)Nc4cc(C(F)(F)F)ccc4Cl)CC3)[nH]c2c1. The summed E-state index contributed by atoms with van der Waals surface area (Å²) >= 11 is 5.96. The Bertz CT molecular complexity index is 1100. The molecule has 2 heterocycles. The summed E-state index contributed by atoms with van der Waals surface area (Å²) in [5.74, 6) is 0.851. The van der Waals surface area contributed by atoms with Crippen molar-refractivity contribution in [1.29, 1.82) is 0 Å². The predicted molar refractivity (Wildman–Crippen MR) is 114 cm³/mol. The maximum atomic E-state index is 12.9. The second-order valence-corrected chi connectivity index (χ2v) is 8.34. The number of aromatic amines is 1. The third-order valence-corrected chi connectivity index (χ3v) is 5.89. The monoisotopic (exact) mass is 450 g/mol. The van der Waals surface area contributed by atoms with Crippen molar-refractivity contribution in [3.05, 3.63) is 58.4 Å². The van der Waals surface area contributed by atoms with Gasteiger partial charge >= 0.3 is 6.18 Å². The number of halogens is 4. The summed E-state index contributed by atoms with van der Waals surface area (Å²) in [6.07, 6.45) is -2.81. The molecule has 0 radical (unpaired) electrons. The van der Waals surface area contributed by atoms with Crippen molar-refractivity contribution in [3.63, 3.8) is 0 Å². The van der Waals surface area contributed by atoms with Gasteiger partial charge < -0.3 is 10.3 Å². The quantitative estimate of drug-likeness (QED) is 0.562. The lowest BCUT2D eigenvalue weighted by Crippen LogP contribution is -2.39. The number of piperidine rings is 1. The molecular formula is C22H22ClF3N4O. The van der Waals surface area contributed by atoms with Crippen molar-refractivity contribution < 1.29 is 18.0 Å². The van der Waals surface area contributed by atoms with Gasteiger partial charge in [-0.05, 0) is 68.8 Å². The number of hydrogen-bond donors (Lipinski definition) is 2. The van der Waals surface area contributed by atoms with Gasteiger partial charge in [-0.25, -0.2) is 4.98 Å². The Morgan fingerprint density at radius 2 is 1.97 bits per heavy atom. The van der Waals surface area contributed by atoms with Crippen molar-refractivity contribution in [2.24, 2.45) is 0 Å². The summed E-state index contributed by atoms with van der Waals surface area (Å²) in [5, 5.41) is 2.57. The number of anilines is 1. The molecule has 5 nitrogen and oxygen atoms in total. The topological polar surface area (TPSA) is 61.0 Å². The van der Waals surface area contributed by atoms with E-state index < -0.39 is 11.7 Å². The summed E-state index contributed by atoms with van der Waals surface area (Å²) in [4.78, 5) is 22.5. The molecule has 1 saturated heterocycles. The van der Waals surface area contributed by atoms with Gasteiger partial charge in [-0.15, -0.1) is 0 Å². The van der Waals surface area contributed by atoms with Gasteiger partial charge in [-0.3, -0.25) is 9.69 Å². The van der Waals surface area contributed by atoms with E-state index in [1.165, 1.54) is 5.56 Å². The van der Waals surface area contributed by atoms with Crippen LogP contribution in [0.25, 0.3) is 11.0 Å². The highest BCUT2D eigenvalue weighted by Crippen LogP contribution is 2.34. The van der Waals surface area contributed by atoms with Gasteiger partial charge in [0.1, 0.15) is 5.82 Å². The van der Waals surface area contributed by atoms with E-state index in [0.29, 0.717) is 13.1 Å². The van der Waals surface area contributed by atoms with Crippen molar-refractivity contribution in [2.75, 3.05) is 25.0 Å². The summed E-state index contributed by atoms with van der Waals surface area (Å²) in [7, 11) is 0. The fourth-order valence-corrected chi connectivity index (χ4v) is 4.06. The molecule has 1 aliphatic rings. The second-order valence-electron chi connectivity index (χ2n) is 7.93. The fourth-order valence-electron chi connectivity index (χ4n) is 3.89. The third kappa shape index (κ3) is 5.02. The van der Waals surface area contributed by atoms with Crippen LogP contribution < -0.4 is 5.32 Å². The molecule has 0 spiro atoms. The first-order chi connectivity index (χ1) is 14.7. The molecular weight excluding hydrogens is 429 g/mol. The fraction of sp³-hybridized carbons (Fsp3) is 0.364. The minimum Gasteiger partial charge on any atom is -0.342 e. The zero-order chi connectivity index (χ0) is 22.2. The number of carbonyl (C=O) groups is 1. The molecule has 0 unspecified atom stereocenters. The smallest absolute Gasteiger partial charge is 0.342 e. The number of fused-ring (bicyclic) bond motifs is 1. The molecule has 1 fully saturated rings. The molecule has 1 aromatic heterocycles. The lowest BCUT2D eigenvalue weighted by atomic mass is 9.96. The number of likely N-dealkylation sites (tertiary alicyclic amines) is 1. The minimum atomic E-state index is -4.50. The number of aromatic nitrogens is 2. The predicted octanol–water partition coefficient (Wildman–Crippen LogP) is 5.36. The Hall–Kier alpha value is -2.58. The highest BCUT2D eigenvalue weighted by atomic mass is 35.5. The Balaban J connectivity index is 1.34. The Morgan fingerprint density at radius 3 is 2.68 bits per heavy atom. The average Bonchev–Trinajstić information content (AvgIpc) is 3.12. The van der Waals surface area contributed by atoms with Crippen LogP contribution in [0.1, 0.15) is 35.7 Å². The molecule has 1 aliphatic heterocycles. The Labute approximate surface area is 182 Å². The number of carbonyl (C=O) groups excluding carboxylic acids is 1. The van der Waals surface area contributed by atoms with Crippen LogP contribution in [0, 0.1) is 6.92 Å². The van der Waals surface area contributed by atoms with Gasteiger partial charge in [0, 0.05) is 5.92 Å². The zero-order valence-corrected chi connectivity index (χ0v) is 17.6. The summed E-state index contributed by atoms with van der Waals surface area (Å²) in [6.45, 7) is 3.53. The van der Waals surface area contributed by atoms with Crippen molar-refractivity contribution in [2.45, 2.75) is 31.9 Å². The number of nitrogens with zero attached hydrogens (tertiary/aromatic N) is 2. The van der Waals surface area contributed by atoms with E-state index in [0.717, 1.165) is 47.9 Å². The number of nitrogens with one attached hydrogen (secondary N) is 2. The van der Waals surface area contributed by atoms with Gasteiger partial charge in [0.2, 0.25) is 5.91 Å². The van der Waals surface area contributed by atoms with Crippen molar-refractivity contribution in [1.82, 2.24) is 14.9 Å². The van der Waals surface area contributed by atoms with Crippen LogP contribution in [0.15, 0.2) is 36.4 Å². The standard InChI is InChI=1S/C22H22ClF3N4O/c1-13-2-5-17-19(10-13)29-21(28-17)14-6-8-30(9-7-14)12-20(31)27-18-11-15(22(24,25)26)3-4-16(18)23/h2-5,10-11,14H,6-9,12H2,1H3,(H,27,31)(H,28,29).